The van der Waals surface area contributed by atoms with Crippen molar-refractivity contribution in [1.82, 2.24) is 0 Å². The maximum Gasteiger partial charge on any atom is 0.336 e. The maximum atomic E-state index is 12.3. The topological polar surface area (TPSA) is 52.6 Å². The number of allylic oxidation sites excluding steroid dienone is 1. The van der Waals surface area contributed by atoms with Crippen molar-refractivity contribution in [1.29, 1.82) is 0 Å². The van der Waals surface area contributed by atoms with Gasteiger partial charge in [-0.1, -0.05) is 146 Å². The molecule has 0 atom stereocenters. The van der Waals surface area contributed by atoms with Gasteiger partial charge >= 0.3 is 5.97 Å². The van der Waals surface area contributed by atoms with Crippen LogP contribution in [0, 0.1) is 3.57 Å². The third-order valence-electron chi connectivity index (χ3n) is 8.21. The van der Waals surface area contributed by atoms with Gasteiger partial charge in [-0.05, 0) is 88.7 Å². The van der Waals surface area contributed by atoms with Gasteiger partial charge in [0.1, 0.15) is 11.5 Å². The normalized spacial score (nSPS) is 11.4. The molecule has 3 aromatic rings. The average molecular weight is 749 g/mol. The van der Waals surface area contributed by atoms with E-state index in [1.165, 1.54) is 102 Å². The number of hydrogen-bond donors (Lipinski definition) is 0. The molecule has 0 heterocycles. The van der Waals surface area contributed by atoms with Gasteiger partial charge in [0.25, 0.3) is 0 Å². The highest BCUT2D eigenvalue weighted by Crippen LogP contribution is 2.18. The van der Waals surface area contributed by atoms with Crippen molar-refractivity contribution < 1.29 is 19.1 Å². The summed E-state index contributed by atoms with van der Waals surface area (Å²) in [6.45, 7) is 3.02. The molecule has 0 N–H and O–H groups in total. The smallest absolute Gasteiger partial charge is 0.336 e. The second kappa shape index (κ2) is 24.0. The molecule has 0 saturated carbocycles. The van der Waals surface area contributed by atoms with E-state index in [1.807, 2.05) is 60.7 Å². The minimum absolute atomic E-state index is 0.0583. The summed E-state index contributed by atoms with van der Waals surface area (Å²) in [7, 11) is 0. The molecule has 4 nitrogen and oxygen atoms in total. The van der Waals surface area contributed by atoms with Gasteiger partial charge in [0.05, 0.1) is 6.61 Å². The van der Waals surface area contributed by atoms with Gasteiger partial charge in [-0.15, -0.1) is 0 Å². The highest BCUT2D eigenvalue weighted by molar-refractivity contribution is 14.1. The van der Waals surface area contributed by atoms with Crippen molar-refractivity contribution in [2.75, 3.05) is 6.61 Å². The summed E-state index contributed by atoms with van der Waals surface area (Å²) in [4.78, 5) is 24.7. The molecule has 0 spiro atoms. The minimum atomic E-state index is -0.453. The summed E-state index contributed by atoms with van der Waals surface area (Å²) < 4.78 is 12.4. The van der Waals surface area contributed by atoms with Gasteiger partial charge in [-0.2, -0.15) is 0 Å². The summed E-state index contributed by atoms with van der Waals surface area (Å²) in [6, 6.07) is 22.2. The summed E-state index contributed by atoms with van der Waals surface area (Å²) >= 11 is 2.21. The quantitative estimate of drug-likeness (QED) is 0.0229. The monoisotopic (exact) mass is 748 g/mol. The third kappa shape index (κ3) is 17.5. The van der Waals surface area contributed by atoms with Gasteiger partial charge in [-0.3, -0.25) is 4.79 Å². The van der Waals surface area contributed by atoms with Crippen LogP contribution < -0.4 is 9.47 Å². The lowest BCUT2D eigenvalue weighted by molar-refractivity contribution is -0.128. The van der Waals surface area contributed by atoms with Crippen LogP contribution in [0.4, 0.5) is 0 Å². The molecule has 0 amide bonds. The van der Waals surface area contributed by atoms with Gasteiger partial charge in [0.2, 0.25) is 0 Å². The zero-order valence-electron chi connectivity index (χ0n) is 28.3. The van der Waals surface area contributed by atoms with Gasteiger partial charge in [0, 0.05) is 15.2 Å². The van der Waals surface area contributed by atoms with Crippen molar-refractivity contribution in [2.24, 2.45) is 0 Å². The zero-order valence-corrected chi connectivity index (χ0v) is 30.4. The molecule has 0 fully saturated rings. The molecule has 3 aromatic carbocycles. The average Bonchev–Trinajstić information content (AvgIpc) is 3.09. The number of carbonyl (C=O) groups excluding carboxylic acids is 2. The van der Waals surface area contributed by atoms with Crippen LogP contribution in [0.3, 0.4) is 0 Å². The van der Waals surface area contributed by atoms with Crippen LogP contribution in [-0.2, 0) is 4.79 Å². The first-order valence-corrected chi connectivity index (χ1v) is 18.8. The standard InChI is InChI=1S/C42H53IO4/c1-2-3-4-5-6-7-8-9-10-11-12-13-14-15-16-17-34-46-39-28-18-36(19-29-39)23-33-42(45)47-40-30-20-35(21-31-40)22-32-41(44)37-24-26-38(43)27-25-37/h18-33H,2-17,34H2,1H3/b32-22+,33-23+. The Bertz CT molecular complexity index is 1340. The number of unbranched alkanes of at least 4 members (excludes halogenated alkanes) is 15. The van der Waals surface area contributed by atoms with E-state index in [-0.39, 0.29) is 5.78 Å². The van der Waals surface area contributed by atoms with E-state index < -0.39 is 5.97 Å². The second-order valence-electron chi connectivity index (χ2n) is 12.2. The Labute approximate surface area is 297 Å². The number of ketones is 1. The van der Waals surface area contributed by atoms with Crippen LogP contribution in [0.2, 0.25) is 0 Å². The van der Waals surface area contributed by atoms with Crippen molar-refractivity contribution in [2.45, 2.75) is 110 Å². The Balaban J connectivity index is 1.21. The van der Waals surface area contributed by atoms with Crippen LogP contribution in [0.5, 0.6) is 11.5 Å². The van der Waals surface area contributed by atoms with E-state index in [0.717, 1.165) is 33.5 Å². The fraction of sp³-hybridized carbons (Fsp3) is 0.429. The molecule has 0 aliphatic heterocycles. The fourth-order valence-corrected chi connectivity index (χ4v) is 5.72. The SMILES string of the molecule is CCCCCCCCCCCCCCCCCCOc1ccc(/C=C/C(=O)Oc2ccc(/C=C/C(=O)c3ccc(I)cc3)cc2)cc1. The van der Waals surface area contributed by atoms with E-state index >= 15 is 0 Å². The van der Waals surface area contributed by atoms with Crippen molar-refractivity contribution in [3.63, 3.8) is 0 Å². The van der Waals surface area contributed by atoms with E-state index in [0.29, 0.717) is 11.3 Å². The first kappa shape index (κ1) is 38.3. The van der Waals surface area contributed by atoms with Crippen LogP contribution in [0.1, 0.15) is 131 Å². The number of rotatable bonds is 24. The summed E-state index contributed by atoms with van der Waals surface area (Å²) in [5.41, 5.74) is 2.39. The number of hydrogen-bond acceptors (Lipinski definition) is 4. The molecule has 0 saturated heterocycles. The third-order valence-corrected chi connectivity index (χ3v) is 8.93. The van der Waals surface area contributed by atoms with Crippen LogP contribution in [-0.4, -0.2) is 18.4 Å². The lowest BCUT2D eigenvalue weighted by Gasteiger charge is -2.07. The van der Waals surface area contributed by atoms with Crippen LogP contribution in [0.15, 0.2) is 84.9 Å². The number of halogens is 1. The molecule has 0 unspecified atom stereocenters. The van der Waals surface area contributed by atoms with Gasteiger partial charge in [0.15, 0.2) is 5.78 Å². The molecule has 0 radical (unpaired) electrons. The highest BCUT2D eigenvalue weighted by Gasteiger charge is 2.03. The Morgan fingerprint density at radius 2 is 1.00 bits per heavy atom. The lowest BCUT2D eigenvalue weighted by atomic mass is 10.0. The summed E-state index contributed by atoms with van der Waals surface area (Å²) in [5.74, 6) is 0.779. The number of ether oxygens (including phenoxy) is 2. The minimum Gasteiger partial charge on any atom is -0.494 e. The molecule has 0 bridgehead atoms. The van der Waals surface area contributed by atoms with Gasteiger partial charge in [-0.25, -0.2) is 4.79 Å². The highest BCUT2D eigenvalue weighted by atomic mass is 127. The lowest BCUT2D eigenvalue weighted by Crippen LogP contribution is -2.03. The largest absolute Gasteiger partial charge is 0.494 e. The number of benzene rings is 3. The second-order valence-corrected chi connectivity index (χ2v) is 13.5. The Morgan fingerprint density at radius 1 is 0.553 bits per heavy atom. The molecular weight excluding hydrogens is 695 g/mol. The Morgan fingerprint density at radius 3 is 1.51 bits per heavy atom. The molecule has 5 heteroatoms. The van der Waals surface area contributed by atoms with Crippen LogP contribution in [0.25, 0.3) is 12.2 Å². The van der Waals surface area contributed by atoms with Crippen molar-refractivity contribution >= 4 is 46.5 Å². The molecule has 0 aliphatic carbocycles. The zero-order chi connectivity index (χ0) is 33.4. The fourth-order valence-electron chi connectivity index (χ4n) is 5.36. The Hall–Kier alpha value is -3.19. The van der Waals surface area contributed by atoms with E-state index in [4.69, 9.17) is 9.47 Å². The summed E-state index contributed by atoms with van der Waals surface area (Å²) in [6.07, 6.45) is 28.2. The molecule has 47 heavy (non-hydrogen) atoms. The van der Waals surface area contributed by atoms with E-state index in [1.54, 1.807) is 30.4 Å². The van der Waals surface area contributed by atoms with E-state index in [2.05, 4.69) is 29.5 Å². The van der Waals surface area contributed by atoms with E-state index in [9.17, 15) is 9.59 Å². The number of esters is 1. The first-order valence-electron chi connectivity index (χ1n) is 17.7. The number of carbonyl (C=O) groups is 2. The van der Waals surface area contributed by atoms with Crippen molar-refractivity contribution in [3.8, 4) is 11.5 Å². The first-order chi connectivity index (χ1) is 23.0. The predicted octanol–water partition coefficient (Wildman–Crippen LogP) is 12.4. The molecule has 252 valence electrons. The summed E-state index contributed by atoms with van der Waals surface area (Å²) in [5, 5.41) is 0. The predicted molar refractivity (Wildman–Crippen MR) is 205 cm³/mol. The maximum absolute atomic E-state index is 12.3. The molecule has 3 rings (SSSR count). The molecule has 0 aromatic heterocycles. The van der Waals surface area contributed by atoms with Crippen molar-refractivity contribution in [3.05, 3.63) is 105 Å². The molecule has 0 aliphatic rings. The van der Waals surface area contributed by atoms with Crippen LogP contribution >= 0.6 is 22.6 Å². The Kier molecular flexibility index (Phi) is 19.6. The molecular formula is C42H53IO4. The van der Waals surface area contributed by atoms with Gasteiger partial charge < -0.3 is 9.47 Å².